The number of nitrogens with one attached hydrogen (secondary N) is 1. The number of anilines is 1. The number of benzene rings is 2. The van der Waals surface area contributed by atoms with Crippen molar-refractivity contribution in [1.82, 2.24) is 0 Å². The van der Waals surface area contributed by atoms with Crippen molar-refractivity contribution in [3.8, 4) is 11.1 Å². The Morgan fingerprint density at radius 2 is 1.55 bits per heavy atom. The minimum Gasteiger partial charge on any atom is -0.466 e. The smallest absolute Gasteiger partial charge is 0.306 e. The fourth-order valence-corrected chi connectivity index (χ4v) is 2.05. The van der Waals surface area contributed by atoms with Gasteiger partial charge in [0.2, 0.25) is 5.91 Å². The molecule has 0 aliphatic heterocycles. The van der Waals surface area contributed by atoms with E-state index in [1.807, 2.05) is 54.6 Å². The zero-order chi connectivity index (χ0) is 15.8. The molecule has 0 fully saturated rings. The Labute approximate surface area is 130 Å². The van der Waals surface area contributed by atoms with Gasteiger partial charge in [-0.1, -0.05) is 42.5 Å². The number of carbonyl (C=O) groups is 2. The summed E-state index contributed by atoms with van der Waals surface area (Å²) < 4.78 is 4.79. The lowest BCUT2D eigenvalue weighted by atomic mass is 10.1. The molecule has 0 saturated carbocycles. The monoisotopic (exact) mass is 297 g/mol. The van der Waals surface area contributed by atoms with Crippen molar-refractivity contribution in [3.05, 3.63) is 54.6 Å². The summed E-state index contributed by atoms with van der Waals surface area (Å²) in [7, 11) is 0. The molecule has 0 radical (unpaired) electrons. The second-order valence-electron chi connectivity index (χ2n) is 4.80. The van der Waals surface area contributed by atoms with Crippen molar-refractivity contribution < 1.29 is 14.3 Å². The lowest BCUT2D eigenvalue weighted by molar-refractivity contribution is -0.144. The number of amides is 1. The van der Waals surface area contributed by atoms with Gasteiger partial charge < -0.3 is 10.1 Å². The van der Waals surface area contributed by atoms with E-state index in [-0.39, 0.29) is 24.7 Å². The summed E-state index contributed by atoms with van der Waals surface area (Å²) in [6.07, 6.45) is 0.223. The maximum Gasteiger partial charge on any atom is 0.306 e. The van der Waals surface area contributed by atoms with E-state index >= 15 is 0 Å². The first kappa shape index (κ1) is 15.8. The summed E-state index contributed by atoms with van der Waals surface area (Å²) in [5.41, 5.74) is 2.93. The molecule has 0 heterocycles. The molecule has 2 aromatic rings. The van der Waals surface area contributed by atoms with Gasteiger partial charge in [0.25, 0.3) is 0 Å². The van der Waals surface area contributed by atoms with E-state index in [0.29, 0.717) is 12.3 Å². The van der Waals surface area contributed by atoms with Crippen LogP contribution in [-0.4, -0.2) is 18.5 Å². The van der Waals surface area contributed by atoms with Gasteiger partial charge in [-0.2, -0.15) is 0 Å². The lowest BCUT2D eigenvalue weighted by Crippen LogP contribution is -2.14. The quantitative estimate of drug-likeness (QED) is 0.828. The molecule has 4 nitrogen and oxygen atoms in total. The van der Waals surface area contributed by atoms with Crippen molar-refractivity contribution in [2.45, 2.75) is 19.8 Å². The zero-order valence-electron chi connectivity index (χ0n) is 12.5. The van der Waals surface area contributed by atoms with Crippen LogP contribution in [0.3, 0.4) is 0 Å². The van der Waals surface area contributed by atoms with Crippen LogP contribution in [0.25, 0.3) is 11.1 Å². The molecule has 114 valence electrons. The molecule has 0 unspecified atom stereocenters. The molecule has 1 amide bonds. The first-order chi connectivity index (χ1) is 10.7. The largest absolute Gasteiger partial charge is 0.466 e. The highest BCUT2D eigenvalue weighted by molar-refractivity contribution is 5.92. The number of hydrogen-bond donors (Lipinski definition) is 1. The topological polar surface area (TPSA) is 55.4 Å². The molecule has 0 aliphatic carbocycles. The highest BCUT2D eigenvalue weighted by atomic mass is 16.5. The van der Waals surface area contributed by atoms with Crippen molar-refractivity contribution in [1.29, 1.82) is 0 Å². The van der Waals surface area contributed by atoms with E-state index < -0.39 is 0 Å². The molecular formula is C18H19NO3. The summed E-state index contributed by atoms with van der Waals surface area (Å²) in [5, 5.41) is 2.77. The van der Waals surface area contributed by atoms with Gasteiger partial charge >= 0.3 is 5.97 Å². The molecule has 0 aromatic heterocycles. The summed E-state index contributed by atoms with van der Waals surface area (Å²) in [6, 6.07) is 17.6. The Bertz CT molecular complexity index is 621. The predicted octanol–water partition coefficient (Wildman–Crippen LogP) is 3.64. The maximum atomic E-state index is 11.8. The van der Waals surface area contributed by atoms with Gasteiger partial charge in [0.1, 0.15) is 0 Å². The van der Waals surface area contributed by atoms with Crippen molar-refractivity contribution in [2.24, 2.45) is 0 Å². The second kappa shape index (κ2) is 7.98. The first-order valence-electron chi connectivity index (χ1n) is 7.30. The number of rotatable bonds is 6. The van der Waals surface area contributed by atoms with Crippen LogP contribution in [0.1, 0.15) is 19.8 Å². The molecule has 2 rings (SSSR count). The lowest BCUT2D eigenvalue weighted by Gasteiger charge is -2.07. The summed E-state index contributed by atoms with van der Waals surface area (Å²) >= 11 is 0. The van der Waals surface area contributed by atoms with Gasteiger partial charge in [0.15, 0.2) is 0 Å². The van der Waals surface area contributed by atoms with Crippen LogP contribution in [0, 0.1) is 0 Å². The fourth-order valence-electron chi connectivity index (χ4n) is 2.05. The van der Waals surface area contributed by atoms with Gasteiger partial charge in [0.05, 0.1) is 13.0 Å². The number of carbonyl (C=O) groups excluding carboxylic acids is 2. The van der Waals surface area contributed by atoms with E-state index in [4.69, 9.17) is 4.74 Å². The van der Waals surface area contributed by atoms with Crippen LogP contribution in [-0.2, 0) is 14.3 Å². The second-order valence-corrected chi connectivity index (χ2v) is 4.80. The van der Waals surface area contributed by atoms with Crippen LogP contribution >= 0.6 is 0 Å². The van der Waals surface area contributed by atoms with Gasteiger partial charge in [-0.3, -0.25) is 9.59 Å². The van der Waals surface area contributed by atoms with Crippen molar-refractivity contribution >= 4 is 17.6 Å². The van der Waals surface area contributed by atoms with E-state index in [0.717, 1.165) is 11.1 Å². The van der Waals surface area contributed by atoms with Gasteiger partial charge in [0, 0.05) is 12.1 Å². The average Bonchev–Trinajstić information content (AvgIpc) is 2.55. The molecule has 1 N–H and O–H groups in total. The van der Waals surface area contributed by atoms with E-state index in [9.17, 15) is 9.59 Å². The van der Waals surface area contributed by atoms with E-state index in [2.05, 4.69) is 5.32 Å². The number of hydrogen-bond acceptors (Lipinski definition) is 3. The van der Waals surface area contributed by atoms with Gasteiger partial charge in [-0.05, 0) is 30.2 Å². The van der Waals surface area contributed by atoms with Gasteiger partial charge in [-0.25, -0.2) is 0 Å². The third-order valence-electron chi connectivity index (χ3n) is 3.14. The minimum atomic E-state index is -0.350. The standard InChI is InChI=1S/C18H19NO3/c1-2-22-18(21)13-12-17(20)19-16-10-8-15(9-11-16)14-6-4-3-5-7-14/h3-11H,2,12-13H2,1H3,(H,19,20). The minimum absolute atomic E-state index is 0.0990. The van der Waals surface area contributed by atoms with Crippen LogP contribution in [0.2, 0.25) is 0 Å². The Morgan fingerprint density at radius 1 is 0.909 bits per heavy atom. The maximum absolute atomic E-state index is 11.8. The molecule has 0 saturated heterocycles. The third-order valence-corrected chi connectivity index (χ3v) is 3.14. The normalized spacial score (nSPS) is 10.0. The molecule has 0 bridgehead atoms. The van der Waals surface area contributed by atoms with Crippen molar-refractivity contribution in [2.75, 3.05) is 11.9 Å². The highest BCUT2D eigenvalue weighted by Crippen LogP contribution is 2.21. The average molecular weight is 297 g/mol. The fraction of sp³-hybridized carbons (Fsp3) is 0.222. The molecule has 0 spiro atoms. The third kappa shape index (κ3) is 4.74. The molecule has 4 heteroatoms. The Hall–Kier alpha value is -2.62. The van der Waals surface area contributed by atoms with E-state index in [1.165, 1.54) is 0 Å². The van der Waals surface area contributed by atoms with Crippen LogP contribution in [0.4, 0.5) is 5.69 Å². The highest BCUT2D eigenvalue weighted by Gasteiger charge is 2.07. The summed E-state index contributed by atoms with van der Waals surface area (Å²) in [4.78, 5) is 23.0. The predicted molar refractivity (Wildman–Crippen MR) is 86.4 cm³/mol. The summed E-state index contributed by atoms with van der Waals surface area (Å²) in [6.45, 7) is 2.08. The van der Waals surface area contributed by atoms with E-state index in [1.54, 1.807) is 6.92 Å². The number of ether oxygens (including phenoxy) is 1. The molecular weight excluding hydrogens is 278 g/mol. The first-order valence-corrected chi connectivity index (χ1v) is 7.30. The molecule has 22 heavy (non-hydrogen) atoms. The zero-order valence-corrected chi connectivity index (χ0v) is 12.5. The van der Waals surface area contributed by atoms with Crippen LogP contribution in [0.15, 0.2) is 54.6 Å². The SMILES string of the molecule is CCOC(=O)CCC(=O)Nc1ccc(-c2ccccc2)cc1. The number of esters is 1. The molecule has 0 aliphatic rings. The Kier molecular flexibility index (Phi) is 5.72. The molecule has 0 atom stereocenters. The Balaban J connectivity index is 1.89. The van der Waals surface area contributed by atoms with Crippen LogP contribution < -0.4 is 5.32 Å². The molecule has 2 aromatic carbocycles. The summed E-state index contributed by atoms with van der Waals surface area (Å²) in [5.74, 6) is -0.544. The Morgan fingerprint density at radius 3 is 2.18 bits per heavy atom. The van der Waals surface area contributed by atoms with Crippen LogP contribution in [0.5, 0.6) is 0 Å². The van der Waals surface area contributed by atoms with Gasteiger partial charge in [-0.15, -0.1) is 0 Å². The van der Waals surface area contributed by atoms with Crippen molar-refractivity contribution in [3.63, 3.8) is 0 Å².